The van der Waals surface area contributed by atoms with E-state index in [0.717, 1.165) is 36.9 Å². The first-order chi connectivity index (χ1) is 14.7. The fraction of sp³-hybridized carbons (Fsp3) is 0.348. The highest BCUT2D eigenvalue weighted by Gasteiger charge is 2.38. The molecule has 1 saturated heterocycles. The van der Waals surface area contributed by atoms with Crippen molar-refractivity contribution >= 4 is 34.6 Å². The van der Waals surface area contributed by atoms with Gasteiger partial charge in [0.2, 0.25) is 0 Å². The van der Waals surface area contributed by atoms with Gasteiger partial charge in [-0.25, -0.2) is 4.99 Å². The predicted octanol–water partition coefficient (Wildman–Crippen LogP) is 5.12. The number of amidine groups is 1. The number of ether oxygens (including phenoxy) is 1. The number of hydrogen-bond donors (Lipinski definition) is 1. The summed E-state index contributed by atoms with van der Waals surface area (Å²) in [5.41, 5.74) is 1.54. The van der Waals surface area contributed by atoms with Crippen LogP contribution in [0.1, 0.15) is 44.6 Å². The maximum absolute atomic E-state index is 13.3. The standard InChI is InChI=1S/C23H25N3O3S/c1-2-29-20-13-16(10-11-19(20)27)14-21-22(28)26(18-8-4-3-5-9-18)23(30-21)25-17-7-6-12-24-15-17/h6-7,10-15,18,27H,2-5,8-9H2,1H3/b21-14-,25-23?. The number of phenols is 1. The van der Waals surface area contributed by atoms with Crippen LogP contribution < -0.4 is 4.74 Å². The van der Waals surface area contributed by atoms with E-state index in [1.54, 1.807) is 30.6 Å². The van der Waals surface area contributed by atoms with Crippen LogP contribution in [-0.2, 0) is 4.79 Å². The molecular weight excluding hydrogens is 398 g/mol. The van der Waals surface area contributed by atoms with Gasteiger partial charge >= 0.3 is 0 Å². The Hall–Kier alpha value is -2.80. The molecule has 7 heteroatoms. The molecule has 2 aromatic rings. The Labute approximate surface area is 180 Å². The minimum absolute atomic E-state index is 0.0134. The van der Waals surface area contributed by atoms with Crippen molar-refractivity contribution in [1.82, 2.24) is 9.88 Å². The third kappa shape index (κ3) is 4.51. The molecule has 2 fully saturated rings. The first-order valence-electron chi connectivity index (χ1n) is 10.3. The van der Waals surface area contributed by atoms with Crippen LogP contribution >= 0.6 is 11.8 Å². The van der Waals surface area contributed by atoms with Crippen molar-refractivity contribution in [3.63, 3.8) is 0 Å². The molecular formula is C23H25N3O3S. The number of pyridine rings is 1. The lowest BCUT2D eigenvalue weighted by Crippen LogP contribution is -2.40. The third-order valence-corrected chi connectivity index (χ3v) is 6.21. The Kier molecular flexibility index (Phi) is 6.38. The number of carbonyl (C=O) groups is 1. The molecule has 1 aliphatic carbocycles. The molecule has 1 aromatic carbocycles. The maximum atomic E-state index is 13.3. The number of aromatic nitrogens is 1. The van der Waals surface area contributed by atoms with E-state index in [-0.39, 0.29) is 17.7 Å². The van der Waals surface area contributed by atoms with E-state index in [1.165, 1.54) is 18.2 Å². The van der Waals surface area contributed by atoms with Gasteiger partial charge in [-0.3, -0.25) is 14.7 Å². The maximum Gasteiger partial charge on any atom is 0.267 e. The van der Waals surface area contributed by atoms with Crippen molar-refractivity contribution in [2.75, 3.05) is 6.61 Å². The Morgan fingerprint density at radius 2 is 2.13 bits per heavy atom. The van der Waals surface area contributed by atoms with E-state index in [4.69, 9.17) is 9.73 Å². The minimum Gasteiger partial charge on any atom is -0.504 e. The van der Waals surface area contributed by atoms with Crippen LogP contribution in [0.15, 0.2) is 52.6 Å². The van der Waals surface area contributed by atoms with Crippen molar-refractivity contribution in [3.8, 4) is 11.5 Å². The predicted molar refractivity (Wildman–Crippen MR) is 120 cm³/mol. The number of aromatic hydroxyl groups is 1. The molecule has 1 saturated carbocycles. The van der Waals surface area contributed by atoms with Gasteiger partial charge in [0.25, 0.3) is 5.91 Å². The minimum atomic E-state index is -0.0134. The second-order valence-corrected chi connectivity index (χ2v) is 8.35. The number of thioether (sulfide) groups is 1. The van der Waals surface area contributed by atoms with Gasteiger partial charge in [-0.05, 0) is 67.4 Å². The van der Waals surface area contributed by atoms with Gasteiger partial charge in [0.05, 0.1) is 23.4 Å². The molecule has 4 rings (SSSR count). The van der Waals surface area contributed by atoms with Crippen LogP contribution in [0.5, 0.6) is 11.5 Å². The number of amides is 1. The van der Waals surface area contributed by atoms with Gasteiger partial charge in [-0.2, -0.15) is 0 Å². The number of aliphatic imine (C=N–C) groups is 1. The van der Waals surface area contributed by atoms with E-state index in [1.807, 2.05) is 30.0 Å². The van der Waals surface area contributed by atoms with Gasteiger partial charge in [0.15, 0.2) is 16.7 Å². The SMILES string of the molecule is CCOc1cc(/C=C2\SC(=Nc3cccnc3)N(C3CCCCC3)C2=O)ccc1O. The lowest BCUT2D eigenvalue weighted by molar-refractivity contribution is -0.124. The zero-order valence-electron chi connectivity index (χ0n) is 17.0. The molecule has 1 aliphatic heterocycles. The zero-order chi connectivity index (χ0) is 20.9. The fourth-order valence-corrected chi connectivity index (χ4v) is 4.86. The summed E-state index contributed by atoms with van der Waals surface area (Å²) < 4.78 is 5.47. The summed E-state index contributed by atoms with van der Waals surface area (Å²) in [4.78, 5) is 24.7. The average Bonchev–Trinajstić information content (AvgIpc) is 3.06. The number of hydrogen-bond acceptors (Lipinski definition) is 6. The summed E-state index contributed by atoms with van der Waals surface area (Å²) in [6.07, 6.45) is 10.7. The number of phenolic OH excluding ortho intramolecular Hbond substituents is 1. The molecule has 2 aliphatic rings. The summed E-state index contributed by atoms with van der Waals surface area (Å²) in [6.45, 7) is 2.32. The highest BCUT2D eigenvalue weighted by Crippen LogP contribution is 2.39. The first-order valence-corrected chi connectivity index (χ1v) is 11.1. The first kappa shape index (κ1) is 20.5. The van der Waals surface area contributed by atoms with E-state index in [2.05, 4.69) is 4.98 Å². The summed E-state index contributed by atoms with van der Waals surface area (Å²) in [6, 6.07) is 9.03. The number of rotatable bonds is 5. The molecule has 0 radical (unpaired) electrons. The van der Waals surface area contributed by atoms with Crippen molar-refractivity contribution in [2.24, 2.45) is 4.99 Å². The zero-order valence-corrected chi connectivity index (χ0v) is 17.8. The summed E-state index contributed by atoms with van der Waals surface area (Å²) >= 11 is 1.39. The largest absolute Gasteiger partial charge is 0.504 e. The lowest BCUT2D eigenvalue weighted by atomic mass is 9.94. The number of nitrogens with zero attached hydrogens (tertiary/aromatic N) is 3. The Balaban J connectivity index is 1.68. The second kappa shape index (κ2) is 9.34. The molecule has 0 atom stereocenters. The summed E-state index contributed by atoms with van der Waals surface area (Å²) in [5.74, 6) is 0.489. The molecule has 1 N–H and O–H groups in total. The second-order valence-electron chi connectivity index (χ2n) is 7.34. The topological polar surface area (TPSA) is 75.0 Å². The molecule has 1 aromatic heterocycles. The molecule has 0 unspecified atom stereocenters. The van der Waals surface area contributed by atoms with Crippen LogP contribution in [0.3, 0.4) is 0 Å². The molecule has 1 amide bonds. The van der Waals surface area contributed by atoms with Crippen LogP contribution in [0, 0.1) is 0 Å². The summed E-state index contributed by atoms with van der Waals surface area (Å²) in [7, 11) is 0. The monoisotopic (exact) mass is 423 g/mol. The van der Waals surface area contributed by atoms with Crippen molar-refractivity contribution in [1.29, 1.82) is 0 Å². The van der Waals surface area contributed by atoms with Gasteiger partial charge in [0, 0.05) is 12.2 Å². The van der Waals surface area contributed by atoms with E-state index in [9.17, 15) is 9.90 Å². The molecule has 6 nitrogen and oxygen atoms in total. The molecule has 30 heavy (non-hydrogen) atoms. The number of carbonyl (C=O) groups excluding carboxylic acids is 1. The van der Waals surface area contributed by atoms with E-state index >= 15 is 0 Å². The van der Waals surface area contributed by atoms with Gasteiger partial charge in [-0.15, -0.1) is 0 Å². The Morgan fingerprint density at radius 1 is 1.30 bits per heavy atom. The van der Waals surface area contributed by atoms with Gasteiger partial charge < -0.3 is 9.84 Å². The van der Waals surface area contributed by atoms with Gasteiger partial charge in [-0.1, -0.05) is 25.3 Å². The van der Waals surface area contributed by atoms with Crippen LogP contribution in [0.25, 0.3) is 6.08 Å². The van der Waals surface area contributed by atoms with Crippen LogP contribution in [0.2, 0.25) is 0 Å². The Morgan fingerprint density at radius 3 is 2.87 bits per heavy atom. The van der Waals surface area contributed by atoms with Gasteiger partial charge in [0.1, 0.15) is 0 Å². The van der Waals surface area contributed by atoms with Crippen molar-refractivity contribution in [3.05, 3.63) is 53.2 Å². The van der Waals surface area contributed by atoms with Crippen LogP contribution in [-0.4, -0.2) is 38.7 Å². The highest BCUT2D eigenvalue weighted by atomic mass is 32.2. The molecule has 0 spiro atoms. The highest BCUT2D eigenvalue weighted by molar-refractivity contribution is 8.18. The van der Waals surface area contributed by atoms with Crippen LogP contribution in [0.4, 0.5) is 5.69 Å². The van der Waals surface area contributed by atoms with Crippen molar-refractivity contribution < 1.29 is 14.6 Å². The fourth-order valence-electron chi connectivity index (χ4n) is 3.80. The molecule has 2 heterocycles. The smallest absolute Gasteiger partial charge is 0.267 e. The normalized spacial score (nSPS) is 20.3. The summed E-state index contributed by atoms with van der Waals surface area (Å²) in [5, 5.41) is 10.6. The quantitative estimate of drug-likeness (QED) is 0.676. The lowest BCUT2D eigenvalue weighted by Gasteiger charge is -2.30. The van der Waals surface area contributed by atoms with E-state index < -0.39 is 0 Å². The molecule has 0 bridgehead atoms. The number of benzene rings is 1. The average molecular weight is 424 g/mol. The molecule has 156 valence electrons. The third-order valence-electron chi connectivity index (χ3n) is 5.23. The Bertz CT molecular complexity index is 969. The van der Waals surface area contributed by atoms with Crippen molar-refractivity contribution in [2.45, 2.75) is 45.1 Å². The van der Waals surface area contributed by atoms with E-state index in [0.29, 0.717) is 22.4 Å².